The monoisotopic (exact) mass is 806 g/mol. The zero-order valence-electron chi connectivity index (χ0n) is 36.3. The van der Waals surface area contributed by atoms with E-state index in [1.54, 1.807) is 23.7 Å². The number of hydrogen-bond acceptors (Lipinski definition) is 1. The van der Waals surface area contributed by atoms with Crippen molar-refractivity contribution in [1.82, 2.24) is 4.98 Å². The summed E-state index contributed by atoms with van der Waals surface area (Å²) in [6.45, 7) is 70.8. The van der Waals surface area contributed by atoms with Crippen LogP contribution in [0.4, 0.5) is 0 Å². The Morgan fingerprint density at radius 3 is 1.09 bits per heavy atom. The van der Waals surface area contributed by atoms with Gasteiger partial charge in [-0.1, -0.05) is 171 Å². The highest BCUT2D eigenvalue weighted by atomic mass is 30.1. The molecule has 0 spiro atoms. The van der Waals surface area contributed by atoms with Crippen molar-refractivity contribution in [2.45, 2.75) is 170 Å². The van der Waals surface area contributed by atoms with E-state index in [9.17, 15) is 0 Å². The van der Waals surface area contributed by atoms with E-state index < -0.39 is 73.0 Å². The fraction of sp³-hybridized carbons (Fsp3) is 0.722. The Morgan fingerprint density at radius 1 is 0.426 bits per heavy atom. The molecule has 5 radical (unpaired) electrons. The molecule has 0 saturated heterocycles. The number of aromatic nitrogens is 1. The Balaban J connectivity index is 2.74. The first-order valence-corrected chi connectivity index (χ1v) is 57.3. The summed E-state index contributed by atoms with van der Waals surface area (Å²) in [5.41, 5.74) is 3.31. The van der Waals surface area contributed by atoms with Crippen molar-refractivity contribution in [3.63, 3.8) is 0 Å². The Bertz CT molecular complexity index is 1230. The summed E-state index contributed by atoms with van der Waals surface area (Å²) < 4.78 is 0. The number of pyridine rings is 1. The summed E-state index contributed by atoms with van der Waals surface area (Å²) in [7, 11) is -16.1. The standard InChI is InChI=1S/C36H80NSi10/c1-30-31(2)33(4)35(32(30)3)39(8,9)41(12,13)43(16,17)45(20,21)47(24,25)46(22,23)44(18,19)42(14,15)40(10,11)36(38(5,6)7)34-28-26-27-29-37-34/h26-29,36H,1-25H3. The summed E-state index contributed by atoms with van der Waals surface area (Å²) in [6.07, 6.45) is 2.08. The SMILES string of the molecule is C[C]1[C](C)[C](C)[C]([Si](C)(C)[Si](C)(C)[Si](C)(C)[Si](C)(C)[Si](C)(C)[Si](C)(C)[Si](C)(C)[Si](C)(C)[Si](C)(C)C(c2ccccn2)[Si](C)(C)C)[C]1C. The largest absolute Gasteiger partial charge is 0.262 e. The van der Waals surface area contributed by atoms with E-state index in [-0.39, 0.29) is 0 Å². The van der Waals surface area contributed by atoms with E-state index in [2.05, 4.69) is 190 Å². The lowest BCUT2D eigenvalue weighted by molar-refractivity contribution is 0.973. The Kier molecular flexibility index (Phi) is 12.6. The molecule has 1 saturated carbocycles. The topological polar surface area (TPSA) is 12.9 Å². The van der Waals surface area contributed by atoms with Crippen LogP contribution in [-0.2, 0) is 0 Å². The molecule has 1 nitrogen and oxygen atoms in total. The third-order valence-corrected chi connectivity index (χ3v) is 224. The average molecular weight is 808 g/mol. The molecule has 1 aliphatic carbocycles. The van der Waals surface area contributed by atoms with Crippen molar-refractivity contribution >= 4 is 73.0 Å². The second-order valence-corrected chi connectivity index (χ2v) is 129. The van der Waals surface area contributed by atoms with Crippen LogP contribution in [-0.4, -0.2) is 78.0 Å². The van der Waals surface area contributed by atoms with Gasteiger partial charge in [0, 0.05) is 76.8 Å². The summed E-state index contributed by atoms with van der Waals surface area (Å²) in [6, 6.07) is 6.80. The zero-order valence-corrected chi connectivity index (χ0v) is 46.3. The Hall–Kier alpha value is 1.32. The van der Waals surface area contributed by atoms with Crippen LogP contribution in [0.15, 0.2) is 24.4 Å². The lowest BCUT2D eigenvalue weighted by atomic mass is 9.92. The third-order valence-electron chi connectivity index (χ3n) is 18.2. The second-order valence-electron chi connectivity index (χ2n) is 21.7. The van der Waals surface area contributed by atoms with Gasteiger partial charge in [0.05, 0.1) is 8.07 Å². The predicted octanol–water partition coefficient (Wildman–Crippen LogP) is 12.1. The van der Waals surface area contributed by atoms with Gasteiger partial charge in [0.1, 0.15) is 0 Å². The molecule has 269 valence electrons. The maximum Gasteiger partial charge on any atom is 0.0510 e. The highest BCUT2D eigenvalue weighted by Gasteiger charge is 2.72. The summed E-state index contributed by atoms with van der Waals surface area (Å²) in [5.74, 6) is 6.48. The molecule has 1 aromatic rings. The molecule has 2 rings (SSSR count). The molecule has 0 aromatic carbocycles. The predicted molar refractivity (Wildman–Crippen MR) is 247 cm³/mol. The van der Waals surface area contributed by atoms with E-state index in [0.29, 0.717) is 0 Å². The molecule has 1 aliphatic rings. The molecule has 1 fully saturated rings. The van der Waals surface area contributed by atoms with Gasteiger partial charge in [-0.05, 0) is 46.5 Å². The van der Waals surface area contributed by atoms with Gasteiger partial charge in [-0.3, -0.25) is 4.98 Å². The van der Waals surface area contributed by atoms with Crippen molar-refractivity contribution in [3.05, 3.63) is 59.3 Å². The quantitative estimate of drug-likeness (QED) is 0.192. The van der Waals surface area contributed by atoms with Gasteiger partial charge in [-0.15, -0.1) is 0 Å². The van der Waals surface area contributed by atoms with Crippen LogP contribution >= 0.6 is 0 Å². The van der Waals surface area contributed by atoms with Crippen LogP contribution in [0.3, 0.4) is 0 Å². The van der Waals surface area contributed by atoms with Gasteiger partial charge in [-0.2, -0.15) is 0 Å². The molecule has 11 heteroatoms. The normalized spacial score (nSPS) is 19.9. The second kappa shape index (κ2) is 13.3. The minimum Gasteiger partial charge on any atom is -0.262 e. The van der Waals surface area contributed by atoms with Crippen LogP contribution in [0.1, 0.15) is 38.6 Å². The average Bonchev–Trinajstić information content (AvgIpc) is 3.09. The van der Waals surface area contributed by atoms with E-state index in [1.807, 2.05) is 5.54 Å². The number of nitrogens with zero attached hydrogens (tertiary/aromatic N) is 1. The Morgan fingerprint density at radius 2 is 0.766 bits per heavy atom. The molecule has 0 aliphatic heterocycles. The summed E-state index contributed by atoms with van der Waals surface area (Å²) in [5, 5.41) is 0.733. The van der Waals surface area contributed by atoms with Crippen molar-refractivity contribution in [2.24, 2.45) is 0 Å². The first-order valence-electron chi connectivity index (χ1n) is 18.6. The van der Waals surface area contributed by atoms with E-state index in [0.717, 1.165) is 5.16 Å². The molecular formula is C36H80NSi10. The molecule has 47 heavy (non-hydrogen) atoms. The highest BCUT2D eigenvalue weighted by Crippen LogP contribution is 2.59. The Labute approximate surface area is 305 Å². The summed E-state index contributed by atoms with van der Waals surface area (Å²) >= 11 is 0. The van der Waals surface area contributed by atoms with Gasteiger partial charge in [0.25, 0.3) is 0 Å². The fourth-order valence-corrected chi connectivity index (χ4v) is 303. The van der Waals surface area contributed by atoms with Crippen molar-refractivity contribution in [1.29, 1.82) is 0 Å². The van der Waals surface area contributed by atoms with Crippen LogP contribution in [0.25, 0.3) is 0 Å². The minimum atomic E-state index is -1.69. The van der Waals surface area contributed by atoms with Crippen LogP contribution in [0.5, 0.6) is 0 Å². The molecule has 0 amide bonds. The van der Waals surface area contributed by atoms with Crippen LogP contribution in [0.2, 0.25) is 137 Å². The first kappa shape index (κ1) is 44.5. The maximum absolute atomic E-state index is 5.13. The molecule has 1 heterocycles. The third kappa shape index (κ3) is 6.39. The van der Waals surface area contributed by atoms with E-state index in [1.165, 1.54) is 5.69 Å². The van der Waals surface area contributed by atoms with Crippen LogP contribution in [0, 0.1) is 29.2 Å². The van der Waals surface area contributed by atoms with Gasteiger partial charge in [0.15, 0.2) is 0 Å². The van der Waals surface area contributed by atoms with Gasteiger partial charge in [0.2, 0.25) is 0 Å². The molecule has 1 atom stereocenters. The maximum atomic E-state index is 5.13. The first-order chi connectivity index (χ1) is 20.5. The molecule has 0 N–H and O–H groups in total. The molecule has 0 bridgehead atoms. The van der Waals surface area contributed by atoms with Crippen LogP contribution < -0.4 is 0 Å². The van der Waals surface area contributed by atoms with E-state index >= 15 is 0 Å². The fourth-order valence-electron chi connectivity index (χ4n) is 10.8. The van der Waals surface area contributed by atoms with Crippen molar-refractivity contribution in [3.8, 4) is 0 Å². The minimum absolute atomic E-state index is 0.733. The molecule has 1 aromatic heterocycles. The number of rotatable bonds is 12. The molecule has 1 unspecified atom stereocenters. The lowest BCUT2D eigenvalue weighted by Crippen LogP contribution is -2.94. The van der Waals surface area contributed by atoms with Crippen molar-refractivity contribution < 1.29 is 0 Å². The number of hydrogen-bond donors (Lipinski definition) is 0. The highest BCUT2D eigenvalue weighted by molar-refractivity contribution is 8.05. The van der Waals surface area contributed by atoms with Crippen molar-refractivity contribution in [2.75, 3.05) is 0 Å². The smallest absolute Gasteiger partial charge is 0.0510 e. The lowest BCUT2D eigenvalue weighted by Gasteiger charge is -2.68. The molecular weight excluding hydrogens is 727 g/mol. The van der Waals surface area contributed by atoms with E-state index in [4.69, 9.17) is 4.98 Å². The zero-order chi connectivity index (χ0) is 37.6. The van der Waals surface area contributed by atoms with Gasteiger partial charge < -0.3 is 0 Å². The van der Waals surface area contributed by atoms with Gasteiger partial charge >= 0.3 is 0 Å². The van der Waals surface area contributed by atoms with Gasteiger partial charge in [-0.25, -0.2) is 0 Å². The summed E-state index contributed by atoms with van der Waals surface area (Å²) in [4.78, 5) is 5.13.